The van der Waals surface area contributed by atoms with Crippen LogP contribution in [0.2, 0.25) is 5.02 Å². The number of hydrogen-bond donors (Lipinski definition) is 1. The molecule has 0 radical (unpaired) electrons. The van der Waals surface area contributed by atoms with Crippen LogP contribution in [0.4, 0.5) is 0 Å². The molecule has 0 spiro atoms. The molecule has 0 aliphatic heterocycles. The lowest BCUT2D eigenvalue weighted by Crippen LogP contribution is -2.23. The number of hydrogen-bond acceptors (Lipinski definition) is 3. The number of carbonyl (C=O) groups is 1. The van der Waals surface area contributed by atoms with Gasteiger partial charge in [0.2, 0.25) is 0 Å². The van der Waals surface area contributed by atoms with Crippen molar-refractivity contribution < 1.29 is 4.79 Å². The molecule has 1 aromatic rings. The molecule has 0 bridgehead atoms. The normalized spacial score (nSPS) is 10.1. The predicted octanol–water partition coefficient (Wildman–Crippen LogP) is 1.46. The molecule has 1 rings (SSSR count). The Hall–Kier alpha value is -0.930. The summed E-state index contributed by atoms with van der Waals surface area (Å²) in [7, 11) is 0. The third-order valence-electron chi connectivity index (χ3n) is 1.82. The first kappa shape index (κ1) is 11.1. The van der Waals surface area contributed by atoms with Crippen LogP contribution in [-0.4, -0.2) is 23.9 Å². The molecule has 0 aromatic carbocycles. The van der Waals surface area contributed by atoms with Crippen LogP contribution < -0.4 is 5.32 Å². The van der Waals surface area contributed by atoms with Gasteiger partial charge in [0, 0.05) is 18.8 Å². The summed E-state index contributed by atoms with van der Waals surface area (Å²) in [5.74, 6) is 0.139. The number of aromatic nitrogens is 1. The summed E-state index contributed by atoms with van der Waals surface area (Å²) >= 11 is 5.87. The zero-order chi connectivity index (χ0) is 10.4. The average molecular weight is 213 g/mol. The highest BCUT2D eigenvalue weighted by molar-refractivity contribution is 6.31. The Bertz CT molecular complexity index is 315. The summed E-state index contributed by atoms with van der Waals surface area (Å²) in [4.78, 5) is 15.2. The molecule has 0 atom stereocenters. The van der Waals surface area contributed by atoms with Gasteiger partial charge >= 0.3 is 0 Å². The smallest absolute Gasteiger partial charge is 0.151 e. The van der Waals surface area contributed by atoms with Gasteiger partial charge < -0.3 is 5.32 Å². The zero-order valence-corrected chi connectivity index (χ0v) is 8.84. The third kappa shape index (κ3) is 3.44. The van der Waals surface area contributed by atoms with E-state index in [1.54, 1.807) is 18.5 Å². The molecule has 0 aliphatic carbocycles. The van der Waals surface area contributed by atoms with Crippen molar-refractivity contribution in [3.05, 3.63) is 29.0 Å². The van der Waals surface area contributed by atoms with E-state index in [1.165, 1.54) is 0 Å². The number of carbonyl (C=O) groups excluding carboxylic acids is 1. The molecule has 0 unspecified atom stereocenters. The van der Waals surface area contributed by atoms with Crippen LogP contribution in [-0.2, 0) is 11.2 Å². The van der Waals surface area contributed by atoms with Crippen LogP contribution in [0.5, 0.6) is 0 Å². The Kier molecular flexibility index (Phi) is 4.56. The predicted molar refractivity (Wildman–Crippen MR) is 56.5 cm³/mol. The highest BCUT2D eigenvalue weighted by Gasteiger charge is 2.05. The Morgan fingerprint density at radius 1 is 1.64 bits per heavy atom. The number of halogens is 1. The summed E-state index contributed by atoms with van der Waals surface area (Å²) in [5, 5.41) is 3.53. The molecule has 0 fully saturated rings. The fourth-order valence-corrected chi connectivity index (χ4v) is 1.27. The van der Waals surface area contributed by atoms with Crippen molar-refractivity contribution in [3.63, 3.8) is 0 Å². The van der Waals surface area contributed by atoms with Gasteiger partial charge in [-0.1, -0.05) is 18.5 Å². The molecule has 3 nitrogen and oxygen atoms in total. The van der Waals surface area contributed by atoms with Crippen molar-refractivity contribution in [1.82, 2.24) is 10.3 Å². The highest BCUT2D eigenvalue weighted by atomic mass is 35.5. The van der Waals surface area contributed by atoms with Gasteiger partial charge in [0.25, 0.3) is 0 Å². The molecule has 76 valence electrons. The fraction of sp³-hybridized carbons (Fsp3) is 0.400. The topological polar surface area (TPSA) is 42.0 Å². The molecule has 1 aromatic heterocycles. The van der Waals surface area contributed by atoms with Crippen molar-refractivity contribution in [2.24, 2.45) is 0 Å². The Balaban J connectivity index is 2.52. The Morgan fingerprint density at radius 3 is 3.07 bits per heavy atom. The lowest BCUT2D eigenvalue weighted by Gasteiger charge is -2.03. The van der Waals surface area contributed by atoms with Gasteiger partial charge in [0.15, 0.2) is 5.78 Å². The Morgan fingerprint density at radius 2 is 2.43 bits per heavy atom. The van der Waals surface area contributed by atoms with Gasteiger partial charge in [-0.05, 0) is 18.2 Å². The highest BCUT2D eigenvalue weighted by Crippen LogP contribution is 2.13. The number of likely N-dealkylation sites (N-methyl/N-ethyl adjacent to an activating group) is 1. The molecule has 1 N–H and O–H groups in total. The second-order valence-electron chi connectivity index (χ2n) is 2.96. The summed E-state index contributed by atoms with van der Waals surface area (Å²) in [6.07, 6.45) is 3.56. The van der Waals surface area contributed by atoms with E-state index in [2.05, 4.69) is 10.3 Å². The second-order valence-corrected chi connectivity index (χ2v) is 3.37. The van der Waals surface area contributed by atoms with Crippen molar-refractivity contribution in [2.75, 3.05) is 13.1 Å². The number of nitrogens with zero attached hydrogens (tertiary/aromatic N) is 1. The quantitative estimate of drug-likeness (QED) is 0.804. The number of ketones is 1. The molecule has 4 heteroatoms. The fourth-order valence-electron chi connectivity index (χ4n) is 1.09. The van der Waals surface area contributed by atoms with Crippen molar-refractivity contribution in [1.29, 1.82) is 0 Å². The van der Waals surface area contributed by atoms with E-state index in [4.69, 9.17) is 11.6 Å². The molecule has 14 heavy (non-hydrogen) atoms. The number of Topliss-reactive ketones (excluding diaryl/α,β-unsaturated/α-hetero) is 1. The van der Waals surface area contributed by atoms with Crippen LogP contribution in [0.25, 0.3) is 0 Å². The maximum atomic E-state index is 11.4. The number of pyridine rings is 1. The van der Waals surface area contributed by atoms with E-state index in [0.717, 1.165) is 12.1 Å². The van der Waals surface area contributed by atoms with E-state index in [1.807, 2.05) is 6.92 Å². The summed E-state index contributed by atoms with van der Waals surface area (Å²) in [6.45, 7) is 3.16. The van der Waals surface area contributed by atoms with Crippen LogP contribution in [0.3, 0.4) is 0 Å². The summed E-state index contributed by atoms with van der Waals surface area (Å²) < 4.78 is 0. The van der Waals surface area contributed by atoms with Gasteiger partial charge in [-0.25, -0.2) is 0 Å². The van der Waals surface area contributed by atoms with Crippen molar-refractivity contribution in [3.8, 4) is 0 Å². The molecule has 0 amide bonds. The molecular weight excluding hydrogens is 200 g/mol. The van der Waals surface area contributed by atoms with Gasteiger partial charge in [0.1, 0.15) is 0 Å². The van der Waals surface area contributed by atoms with Gasteiger partial charge in [0.05, 0.1) is 11.6 Å². The van der Waals surface area contributed by atoms with E-state index in [0.29, 0.717) is 18.0 Å². The first-order valence-corrected chi connectivity index (χ1v) is 4.92. The second kappa shape index (κ2) is 5.73. The van der Waals surface area contributed by atoms with Crippen LogP contribution >= 0.6 is 11.6 Å². The molecule has 0 saturated heterocycles. The standard InChI is InChI=1S/C10H13ClN2O/c1-2-12-6-9(14)5-8-3-4-13-7-10(8)11/h3-4,7,12H,2,5-6H2,1H3. The molecule has 0 saturated carbocycles. The lowest BCUT2D eigenvalue weighted by molar-refractivity contribution is -0.117. The number of rotatable bonds is 5. The Labute approximate surface area is 88.5 Å². The van der Waals surface area contributed by atoms with Crippen molar-refractivity contribution >= 4 is 17.4 Å². The third-order valence-corrected chi connectivity index (χ3v) is 2.16. The largest absolute Gasteiger partial charge is 0.310 e. The summed E-state index contributed by atoms with van der Waals surface area (Å²) in [6, 6.07) is 1.77. The zero-order valence-electron chi connectivity index (χ0n) is 8.09. The molecule has 1 heterocycles. The minimum Gasteiger partial charge on any atom is -0.310 e. The number of nitrogens with one attached hydrogen (secondary N) is 1. The van der Waals surface area contributed by atoms with Gasteiger partial charge in [-0.15, -0.1) is 0 Å². The maximum Gasteiger partial charge on any atom is 0.151 e. The SMILES string of the molecule is CCNCC(=O)Cc1ccncc1Cl. The van der Waals surface area contributed by atoms with E-state index < -0.39 is 0 Å². The van der Waals surface area contributed by atoms with E-state index >= 15 is 0 Å². The van der Waals surface area contributed by atoms with Crippen LogP contribution in [0.1, 0.15) is 12.5 Å². The van der Waals surface area contributed by atoms with E-state index in [-0.39, 0.29) is 5.78 Å². The van der Waals surface area contributed by atoms with E-state index in [9.17, 15) is 4.79 Å². The minimum absolute atomic E-state index is 0.139. The van der Waals surface area contributed by atoms with Crippen LogP contribution in [0, 0.1) is 0 Å². The minimum atomic E-state index is 0.139. The van der Waals surface area contributed by atoms with Crippen molar-refractivity contribution in [2.45, 2.75) is 13.3 Å². The first-order chi connectivity index (χ1) is 6.74. The van der Waals surface area contributed by atoms with Gasteiger partial charge in [-0.2, -0.15) is 0 Å². The first-order valence-electron chi connectivity index (χ1n) is 4.55. The summed E-state index contributed by atoms with van der Waals surface area (Å²) in [5.41, 5.74) is 0.838. The average Bonchev–Trinajstić information content (AvgIpc) is 2.18. The molecule has 0 aliphatic rings. The van der Waals surface area contributed by atoms with Crippen LogP contribution in [0.15, 0.2) is 18.5 Å². The lowest BCUT2D eigenvalue weighted by atomic mass is 10.1. The van der Waals surface area contributed by atoms with Gasteiger partial charge in [-0.3, -0.25) is 9.78 Å². The monoisotopic (exact) mass is 212 g/mol. The molecular formula is C10H13ClN2O. The maximum absolute atomic E-state index is 11.4.